The van der Waals surface area contributed by atoms with Crippen LogP contribution in [0.2, 0.25) is 5.02 Å². The van der Waals surface area contributed by atoms with Crippen LogP contribution in [0.3, 0.4) is 0 Å². The van der Waals surface area contributed by atoms with Gasteiger partial charge < -0.3 is 10.6 Å². The van der Waals surface area contributed by atoms with Crippen LogP contribution in [0.25, 0.3) is 0 Å². The van der Waals surface area contributed by atoms with E-state index in [4.69, 9.17) is 11.6 Å². The monoisotopic (exact) mass is 365 g/mol. The fourth-order valence-corrected chi connectivity index (χ4v) is 2.55. The topological polar surface area (TPSA) is 71.1 Å². The van der Waals surface area contributed by atoms with Crippen molar-refractivity contribution in [3.8, 4) is 0 Å². The Morgan fingerprint density at radius 2 is 1.69 bits per heavy atom. The minimum atomic E-state index is -0.270. The number of hydrogen-bond acceptors (Lipinski definition) is 3. The highest BCUT2D eigenvalue weighted by Gasteiger charge is 2.10. The largest absolute Gasteiger partial charge is 0.348 e. The van der Waals surface area contributed by atoms with Gasteiger partial charge in [0.15, 0.2) is 0 Å². The van der Waals surface area contributed by atoms with Gasteiger partial charge in [-0.1, -0.05) is 35.9 Å². The normalized spacial score (nSPS) is 10.2. The van der Waals surface area contributed by atoms with Crippen LogP contribution in [0.1, 0.15) is 26.3 Å². The minimum Gasteiger partial charge on any atom is -0.348 e. The summed E-state index contributed by atoms with van der Waals surface area (Å²) in [5, 5.41) is 6.03. The summed E-state index contributed by atoms with van der Waals surface area (Å²) in [6.45, 7) is 0.381. The summed E-state index contributed by atoms with van der Waals surface area (Å²) in [7, 11) is 0. The lowest BCUT2D eigenvalue weighted by Crippen LogP contribution is -2.22. The summed E-state index contributed by atoms with van der Waals surface area (Å²) in [6.07, 6.45) is 3.13. The zero-order chi connectivity index (χ0) is 18.4. The molecule has 6 heteroatoms. The molecule has 2 N–H and O–H groups in total. The molecule has 0 atom stereocenters. The molecule has 3 rings (SSSR count). The second-order valence-electron chi connectivity index (χ2n) is 5.56. The Kier molecular flexibility index (Phi) is 5.61. The Labute approximate surface area is 156 Å². The summed E-state index contributed by atoms with van der Waals surface area (Å²) < 4.78 is 0. The number of benzene rings is 2. The van der Waals surface area contributed by atoms with Gasteiger partial charge in [-0.25, -0.2) is 0 Å². The molecular weight excluding hydrogens is 350 g/mol. The zero-order valence-electron chi connectivity index (χ0n) is 13.8. The Balaban J connectivity index is 1.58. The van der Waals surface area contributed by atoms with Crippen molar-refractivity contribution in [3.63, 3.8) is 0 Å². The van der Waals surface area contributed by atoms with E-state index in [1.54, 1.807) is 54.7 Å². The molecule has 0 radical (unpaired) electrons. The summed E-state index contributed by atoms with van der Waals surface area (Å²) in [6, 6.07) is 17.5. The Morgan fingerprint density at radius 3 is 2.38 bits per heavy atom. The van der Waals surface area contributed by atoms with Crippen molar-refractivity contribution < 1.29 is 9.59 Å². The molecule has 130 valence electrons. The van der Waals surface area contributed by atoms with E-state index in [9.17, 15) is 9.59 Å². The molecule has 0 aliphatic heterocycles. The Bertz CT molecular complexity index is 912. The molecule has 2 amide bonds. The number of nitrogens with one attached hydrogen (secondary N) is 2. The maximum absolute atomic E-state index is 12.2. The molecule has 2 aromatic carbocycles. The third-order valence-corrected chi connectivity index (χ3v) is 4.04. The first kappa shape index (κ1) is 17.6. The zero-order valence-corrected chi connectivity index (χ0v) is 14.5. The van der Waals surface area contributed by atoms with Gasteiger partial charge in [0, 0.05) is 24.6 Å². The summed E-state index contributed by atoms with van der Waals surface area (Å²) in [4.78, 5) is 28.2. The molecule has 0 bridgehead atoms. The van der Waals surface area contributed by atoms with Crippen LogP contribution < -0.4 is 10.6 Å². The first-order valence-electron chi connectivity index (χ1n) is 7.96. The molecular formula is C20H16ClN3O2. The molecule has 0 saturated carbocycles. The summed E-state index contributed by atoms with van der Waals surface area (Å²) >= 11 is 6.03. The number of pyridine rings is 1. The predicted molar refractivity (Wildman–Crippen MR) is 101 cm³/mol. The predicted octanol–water partition coefficient (Wildman–Crippen LogP) is 3.92. The van der Waals surface area contributed by atoms with Crippen LogP contribution in [0, 0.1) is 0 Å². The highest BCUT2D eigenvalue weighted by Crippen LogP contribution is 2.17. The molecule has 0 fully saturated rings. The average molecular weight is 366 g/mol. The van der Waals surface area contributed by atoms with Crippen molar-refractivity contribution in [2.24, 2.45) is 0 Å². The second kappa shape index (κ2) is 8.27. The molecule has 5 nitrogen and oxygen atoms in total. The number of nitrogens with zero attached hydrogens (tertiary/aromatic N) is 1. The lowest BCUT2D eigenvalue weighted by molar-refractivity contribution is 0.0949. The van der Waals surface area contributed by atoms with E-state index in [1.807, 2.05) is 12.1 Å². The van der Waals surface area contributed by atoms with Gasteiger partial charge in [-0.3, -0.25) is 14.6 Å². The van der Waals surface area contributed by atoms with Crippen molar-refractivity contribution in [3.05, 3.63) is 94.8 Å². The van der Waals surface area contributed by atoms with Crippen molar-refractivity contribution >= 4 is 29.1 Å². The number of hydrogen-bond donors (Lipinski definition) is 2. The van der Waals surface area contributed by atoms with Crippen molar-refractivity contribution in [2.45, 2.75) is 6.54 Å². The van der Waals surface area contributed by atoms with Gasteiger partial charge in [0.25, 0.3) is 11.8 Å². The average Bonchev–Trinajstić information content (AvgIpc) is 2.68. The lowest BCUT2D eigenvalue weighted by atomic mass is 10.1. The first-order chi connectivity index (χ1) is 12.6. The highest BCUT2D eigenvalue weighted by molar-refractivity contribution is 6.34. The first-order valence-corrected chi connectivity index (χ1v) is 8.34. The smallest absolute Gasteiger partial charge is 0.257 e. The number of carbonyl (C=O) groups excluding carboxylic acids is 2. The fourth-order valence-electron chi connectivity index (χ4n) is 2.33. The van der Waals surface area contributed by atoms with E-state index in [1.165, 1.54) is 6.20 Å². The van der Waals surface area contributed by atoms with Crippen molar-refractivity contribution in [1.82, 2.24) is 10.3 Å². The quantitative estimate of drug-likeness (QED) is 0.720. The third-order valence-electron chi connectivity index (χ3n) is 3.71. The van der Waals surface area contributed by atoms with Gasteiger partial charge in [0.2, 0.25) is 0 Å². The van der Waals surface area contributed by atoms with E-state index in [0.29, 0.717) is 28.4 Å². The minimum absolute atomic E-state index is 0.186. The Hall–Kier alpha value is -3.18. The van der Waals surface area contributed by atoms with Gasteiger partial charge in [0.1, 0.15) is 0 Å². The molecule has 26 heavy (non-hydrogen) atoms. The van der Waals surface area contributed by atoms with E-state index in [0.717, 1.165) is 5.56 Å². The molecule has 0 spiro atoms. The van der Waals surface area contributed by atoms with Crippen LogP contribution in [0.4, 0.5) is 5.69 Å². The number of anilines is 1. The van der Waals surface area contributed by atoms with Crippen molar-refractivity contribution in [1.29, 1.82) is 0 Å². The van der Waals surface area contributed by atoms with Crippen LogP contribution in [0.15, 0.2) is 73.1 Å². The molecule has 3 aromatic rings. The van der Waals surface area contributed by atoms with Crippen LogP contribution in [-0.2, 0) is 6.54 Å². The number of aromatic nitrogens is 1. The van der Waals surface area contributed by atoms with Crippen LogP contribution in [-0.4, -0.2) is 16.8 Å². The number of halogens is 1. The fraction of sp³-hybridized carbons (Fsp3) is 0.0500. The lowest BCUT2D eigenvalue weighted by Gasteiger charge is -2.08. The van der Waals surface area contributed by atoms with Gasteiger partial charge in [-0.15, -0.1) is 0 Å². The summed E-state index contributed by atoms with van der Waals surface area (Å²) in [5.74, 6) is -0.456. The van der Waals surface area contributed by atoms with E-state index in [2.05, 4.69) is 15.6 Å². The Morgan fingerprint density at radius 1 is 0.923 bits per heavy atom. The standard InChI is InChI=1S/C20H16ClN3O2/c21-18-6-2-1-5-17(18)20(26)24-16-9-7-14(8-10-16)12-23-19(25)15-4-3-11-22-13-15/h1-11,13H,12H2,(H,23,25)(H,24,26). The number of amides is 2. The van der Waals surface area contributed by atoms with Gasteiger partial charge in [-0.05, 0) is 42.0 Å². The summed E-state index contributed by atoms with van der Waals surface area (Å²) in [5.41, 5.74) is 2.49. The van der Waals surface area contributed by atoms with Crippen LogP contribution >= 0.6 is 11.6 Å². The van der Waals surface area contributed by atoms with E-state index < -0.39 is 0 Å². The van der Waals surface area contributed by atoms with Gasteiger partial charge in [-0.2, -0.15) is 0 Å². The third kappa shape index (κ3) is 4.46. The SMILES string of the molecule is O=C(NCc1ccc(NC(=O)c2ccccc2Cl)cc1)c1cccnc1. The number of carbonyl (C=O) groups is 2. The molecule has 1 heterocycles. The maximum atomic E-state index is 12.2. The van der Waals surface area contributed by atoms with Gasteiger partial charge >= 0.3 is 0 Å². The molecule has 0 saturated heterocycles. The molecule has 1 aromatic heterocycles. The van der Waals surface area contributed by atoms with Gasteiger partial charge in [0.05, 0.1) is 16.1 Å². The number of rotatable bonds is 5. The maximum Gasteiger partial charge on any atom is 0.257 e. The van der Waals surface area contributed by atoms with E-state index >= 15 is 0 Å². The highest BCUT2D eigenvalue weighted by atomic mass is 35.5. The molecule has 0 aliphatic carbocycles. The van der Waals surface area contributed by atoms with Crippen molar-refractivity contribution in [2.75, 3.05) is 5.32 Å². The molecule has 0 aliphatic rings. The molecule has 0 unspecified atom stereocenters. The second-order valence-corrected chi connectivity index (χ2v) is 5.96. The van der Waals surface area contributed by atoms with E-state index in [-0.39, 0.29) is 11.8 Å². The van der Waals surface area contributed by atoms with Crippen LogP contribution in [0.5, 0.6) is 0 Å².